The van der Waals surface area contributed by atoms with E-state index in [-0.39, 0.29) is 42.3 Å². The summed E-state index contributed by atoms with van der Waals surface area (Å²) in [6.07, 6.45) is -0.849. The van der Waals surface area contributed by atoms with E-state index in [0.717, 1.165) is 25.1 Å². The highest BCUT2D eigenvalue weighted by Gasteiger charge is 2.36. The lowest BCUT2D eigenvalue weighted by atomic mass is 9.92. The highest BCUT2D eigenvalue weighted by Crippen LogP contribution is 2.33. The van der Waals surface area contributed by atoms with E-state index in [9.17, 15) is 18.0 Å². The maximum Gasteiger partial charge on any atom is 0.417 e. The van der Waals surface area contributed by atoms with Crippen LogP contribution in [0.15, 0.2) is 24.7 Å². The van der Waals surface area contributed by atoms with E-state index in [1.807, 2.05) is 13.8 Å². The van der Waals surface area contributed by atoms with Gasteiger partial charge in [0.25, 0.3) is 0 Å². The van der Waals surface area contributed by atoms with Crippen LogP contribution in [0.3, 0.4) is 0 Å². The van der Waals surface area contributed by atoms with Gasteiger partial charge in [-0.15, -0.1) is 0 Å². The summed E-state index contributed by atoms with van der Waals surface area (Å²) < 4.78 is 59.9. The summed E-state index contributed by atoms with van der Waals surface area (Å²) in [5.41, 5.74) is 4.27. The third kappa shape index (κ3) is 5.93. The van der Waals surface area contributed by atoms with Crippen LogP contribution in [0.25, 0.3) is 0 Å². The van der Waals surface area contributed by atoms with E-state index < -0.39 is 29.1 Å². The number of likely N-dealkylation sites (tertiary alicyclic amines) is 1. The predicted octanol–water partition coefficient (Wildman–Crippen LogP) is 3.58. The van der Waals surface area contributed by atoms with Crippen molar-refractivity contribution in [2.24, 2.45) is 11.7 Å². The molecule has 2 aromatic rings. The van der Waals surface area contributed by atoms with Crippen molar-refractivity contribution < 1.29 is 32.8 Å². The summed E-state index contributed by atoms with van der Waals surface area (Å²) >= 11 is 0. The number of carbonyl (C=O) groups excluding carboxylic acids is 1. The van der Waals surface area contributed by atoms with Crippen molar-refractivity contribution in [1.82, 2.24) is 19.9 Å². The van der Waals surface area contributed by atoms with Crippen LogP contribution >= 0.6 is 0 Å². The van der Waals surface area contributed by atoms with Gasteiger partial charge in [0, 0.05) is 20.7 Å². The third-order valence-electron chi connectivity index (χ3n) is 7.19. The number of amides is 1. The van der Waals surface area contributed by atoms with Gasteiger partial charge in [0.2, 0.25) is 11.7 Å². The van der Waals surface area contributed by atoms with Crippen LogP contribution < -0.4 is 16.0 Å². The first-order valence-corrected chi connectivity index (χ1v) is 12.2. The molecule has 1 amide bonds. The number of halogens is 4. The third-order valence-corrected chi connectivity index (χ3v) is 7.19. The Kier molecular flexibility index (Phi) is 7.83. The molecule has 2 aliphatic rings. The molecular formula is C24H36F4N7O2-3. The number of aromatic nitrogens is 3. The molecule has 210 valence electrons. The summed E-state index contributed by atoms with van der Waals surface area (Å²) in [7, 11) is 0. The van der Waals surface area contributed by atoms with Gasteiger partial charge in [-0.05, 0) is 57.8 Å². The second-order valence-corrected chi connectivity index (χ2v) is 9.85. The number of nitrogens with two attached hydrogens (primary N) is 1. The quantitative estimate of drug-likeness (QED) is 0.523. The number of hydrogen-bond donors (Lipinski definition) is 2. The van der Waals surface area contributed by atoms with Gasteiger partial charge in [-0.3, -0.25) is 14.7 Å². The van der Waals surface area contributed by atoms with Crippen LogP contribution in [-0.4, -0.2) is 70.7 Å². The van der Waals surface area contributed by atoms with E-state index >= 15 is 4.39 Å². The minimum Gasteiger partial charge on any atom is -1.00 e. The van der Waals surface area contributed by atoms with Gasteiger partial charge in [-0.1, -0.05) is 0 Å². The molecule has 0 aliphatic carbocycles. The molecule has 1 atom stereocenters. The molecule has 0 radical (unpaired) electrons. The van der Waals surface area contributed by atoms with Crippen molar-refractivity contribution in [3.63, 3.8) is 0 Å². The summed E-state index contributed by atoms with van der Waals surface area (Å²) in [6, 6.07) is 1.62. The first-order valence-electron chi connectivity index (χ1n) is 12.2. The standard InChI is InChI=1S/C24H31F4N7O2.H2.3H/c1-23(2,22(29)36)34-7-5-15(6-8-34)11-31-20-19(25)21(33-14-32-20)35-9-10-37-13-18(35)17-4-3-16(12-30-17)24(26,27)28;;;;/h3-4,12,14-15,18H,5-11,13H2,1-2H3,(H2,29,36)(H,31,32,33);1H;;;/q;;3*-1/t18-;;;;/m1..../s1. The number of rotatable bonds is 7. The molecule has 2 fully saturated rings. The summed E-state index contributed by atoms with van der Waals surface area (Å²) in [5.74, 6) is -0.674. The highest BCUT2D eigenvalue weighted by molar-refractivity contribution is 5.83. The average molecular weight is 531 g/mol. The topological polar surface area (TPSA) is 110 Å². The molecule has 0 saturated carbocycles. The lowest BCUT2D eigenvalue weighted by molar-refractivity contribution is -0.137. The molecular weight excluding hydrogens is 494 g/mol. The molecule has 4 heterocycles. The van der Waals surface area contributed by atoms with Crippen LogP contribution in [0.4, 0.5) is 29.2 Å². The van der Waals surface area contributed by atoms with Gasteiger partial charge < -0.3 is 25.0 Å². The van der Waals surface area contributed by atoms with Crippen LogP contribution in [0.1, 0.15) is 49.7 Å². The van der Waals surface area contributed by atoms with Crippen LogP contribution in [0.5, 0.6) is 0 Å². The fourth-order valence-corrected chi connectivity index (χ4v) is 4.65. The van der Waals surface area contributed by atoms with E-state index in [0.29, 0.717) is 31.9 Å². The van der Waals surface area contributed by atoms with Crippen molar-refractivity contribution in [2.45, 2.75) is 44.4 Å². The first kappa shape index (κ1) is 27.0. The number of pyridine rings is 1. The molecule has 0 spiro atoms. The minimum absolute atomic E-state index is 0. The number of morpholine rings is 1. The normalized spacial score (nSPS) is 20.2. The Morgan fingerprint density at radius 2 is 1.95 bits per heavy atom. The van der Waals surface area contributed by atoms with Crippen LogP contribution in [-0.2, 0) is 15.7 Å². The zero-order valence-electron chi connectivity index (χ0n) is 23.8. The molecule has 4 rings (SSSR count). The van der Waals surface area contributed by atoms with Crippen molar-refractivity contribution in [1.29, 1.82) is 0 Å². The smallest absolute Gasteiger partial charge is 0.417 e. The molecule has 3 N–H and O–H groups in total. The molecule has 0 aromatic carbocycles. The Hall–Kier alpha value is -3.06. The molecule has 2 aromatic heterocycles. The first-order chi connectivity index (χ1) is 17.5. The molecule has 2 saturated heterocycles. The van der Waals surface area contributed by atoms with E-state index in [1.165, 1.54) is 12.4 Å². The van der Waals surface area contributed by atoms with Crippen LogP contribution in [0.2, 0.25) is 0 Å². The van der Waals surface area contributed by atoms with E-state index in [1.54, 1.807) is 4.90 Å². The SMILES string of the molecule is CC(C)(C(N)=O)N1CCC(CNc2ncnc(N3CCOC[C@@H]3c3ccc(C(F)(F)F)cn3)c2F)CC1.[H-].[H-].[H-].[HH]. The largest absolute Gasteiger partial charge is 1.00 e. The van der Waals surface area contributed by atoms with Crippen LogP contribution in [0, 0.1) is 11.7 Å². The fourth-order valence-electron chi connectivity index (χ4n) is 4.65. The van der Waals surface area contributed by atoms with Crippen molar-refractivity contribution in [3.05, 3.63) is 41.7 Å². The number of primary amides is 1. The monoisotopic (exact) mass is 530 g/mol. The van der Waals surface area contributed by atoms with Crippen molar-refractivity contribution in [3.8, 4) is 0 Å². The fraction of sp³-hybridized carbons (Fsp3) is 0.583. The van der Waals surface area contributed by atoms with Gasteiger partial charge in [0.1, 0.15) is 6.33 Å². The molecule has 13 heteroatoms. The number of alkyl halides is 3. The number of nitrogens with zero attached hydrogens (tertiary/aromatic N) is 5. The Bertz CT molecular complexity index is 1110. The van der Waals surface area contributed by atoms with E-state index in [4.69, 9.17) is 10.5 Å². The number of hydrogen-bond acceptors (Lipinski definition) is 8. The molecule has 37 heavy (non-hydrogen) atoms. The molecule has 9 nitrogen and oxygen atoms in total. The Labute approximate surface area is 218 Å². The number of anilines is 2. The van der Waals surface area contributed by atoms with E-state index in [2.05, 4.69) is 25.2 Å². The van der Waals surface area contributed by atoms with Gasteiger partial charge in [-0.25, -0.2) is 9.97 Å². The number of ether oxygens (including phenoxy) is 1. The highest BCUT2D eigenvalue weighted by atomic mass is 19.4. The molecule has 0 unspecified atom stereocenters. The van der Waals surface area contributed by atoms with Gasteiger partial charge in [0.15, 0.2) is 11.6 Å². The zero-order chi connectivity index (χ0) is 26.8. The second kappa shape index (κ2) is 10.7. The summed E-state index contributed by atoms with van der Waals surface area (Å²) in [6.45, 7) is 6.24. The van der Waals surface area contributed by atoms with Gasteiger partial charge in [0.05, 0.1) is 36.1 Å². The van der Waals surface area contributed by atoms with Gasteiger partial charge in [-0.2, -0.15) is 17.6 Å². The van der Waals surface area contributed by atoms with Crippen molar-refractivity contribution >= 4 is 17.5 Å². The number of nitrogens with one attached hydrogen (secondary N) is 1. The predicted molar refractivity (Wildman–Crippen MR) is 134 cm³/mol. The summed E-state index contributed by atoms with van der Waals surface area (Å²) in [5, 5.41) is 3.08. The lowest BCUT2D eigenvalue weighted by Crippen LogP contribution is -2.56. The minimum atomic E-state index is -4.50. The number of piperidine rings is 1. The lowest BCUT2D eigenvalue weighted by Gasteiger charge is -2.41. The Morgan fingerprint density at radius 3 is 2.57 bits per heavy atom. The van der Waals surface area contributed by atoms with Gasteiger partial charge >= 0.3 is 6.18 Å². The maximum atomic E-state index is 15.5. The Balaban J connectivity index is 0.00000400. The molecule has 2 aliphatic heterocycles. The second-order valence-electron chi connectivity index (χ2n) is 9.85. The van der Waals surface area contributed by atoms with Crippen molar-refractivity contribution in [2.75, 3.05) is 49.6 Å². The zero-order valence-corrected chi connectivity index (χ0v) is 20.8. The molecule has 0 bridgehead atoms. The Morgan fingerprint density at radius 1 is 1.22 bits per heavy atom. The number of carbonyl (C=O) groups is 1. The summed E-state index contributed by atoms with van der Waals surface area (Å²) in [4.78, 5) is 27.6. The maximum absolute atomic E-state index is 15.5. The average Bonchev–Trinajstić information content (AvgIpc) is 2.88.